The van der Waals surface area contributed by atoms with Crippen LogP contribution in [-0.2, 0) is 23.9 Å². The van der Waals surface area contributed by atoms with Crippen molar-refractivity contribution in [3.05, 3.63) is 81.4 Å². The summed E-state index contributed by atoms with van der Waals surface area (Å²) >= 11 is 0. The summed E-state index contributed by atoms with van der Waals surface area (Å²) in [5.74, 6) is -3.95. The van der Waals surface area contributed by atoms with Crippen LogP contribution >= 0.6 is 0 Å². The summed E-state index contributed by atoms with van der Waals surface area (Å²) < 4.78 is 10.3. The van der Waals surface area contributed by atoms with Crippen molar-refractivity contribution in [1.29, 1.82) is 0 Å². The molecule has 0 aromatic heterocycles. The standard InChI is InChI=1S/C27H29N3O7/c1-16-21(26(33)36-5)22(18-12-9-13-19(14-18)30(34)35)23(24(29-16)17-10-7-6-8-11-17)25(32)28-15-20(31)37-27(2,3)4/h6-14,21-22H,15H2,1-5H3,(H,28,32). The first-order valence-electron chi connectivity index (χ1n) is 11.6. The maximum absolute atomic E-state index is 13.7. The SMILES string of the molecule is COC(=O)C1C(C)=NC(c2ccccc2)=C(C(=O)NCC(=O)OC(C)(C)C)C1c1cccc([N+](=O)[O-])c1. The molecule has 2 aromatic carbocycles. The Kier molecular flexibility index (Phi) is 8.21. The number of hydrogen-bond acceptors (Lipinski definition) is 8. The number of carbonyl (C=O) groups excluding carboxylic acids is 3. The fourth-order valence-corrected chi connectivity index (χ4v) is 4.18. The Hall–Kier alpha value is -4.34. The second kappa shape index (κ2) is 11.2. The average Bonchev–Trinajstić information content (AvgIpc) is 2.85. The number of benzene rings is 2. The number of non-ortho nitro benzene ring substituents is 1. The number of nitro benzene ring substituents is 1. The molecule has 1 aliphatic rings. The highest BCUT2D eigenvalue weighted by Gasteiger charge is 2.43. The van der Waals surface area contributed by atoms with Crippen LogP contribution in [0.25, 0.3) is 5.70 Å². The predicted molar refractivity (Wildman–Crippen MR) is 137 cm³/mol. The van der Waals surface area contributed by atoms with Gasteiger partial charge in [0.2, 0.25) is 0 Å². The van der Waals surface area contributed by atoms with Gasteiger partial charge in [-0.05, 0) is 33.3 Å². The van der Waals surface area contributed by atoms with Crippen LogP contribution in [0.2, 0.25) is 0 Å². The Bertz CT molecular complexity index is 1280. The minimum Gasteiger partial charge on any atom is -0.468 e. The molecule has 1 amide bonds. The molecule has 3 rings (SSSR count). The smallest absolute Gasteiger partial charge is 0.325 e. The number of hydrogen-bond donors (Lipinski definition) is 1. The Balaban J connectivity index is 2.20. The summed E-state index contributed by atoms with van der Waals surface area (Å²) in [6, 6.07) is 14.6. The zero-order valence-electron chi connectivity index (χ0n) is 21.3. The topological polar surface area (TPSA) is 137 Å². The highest BCUT2D eigenvalue weighted by molar-refractivity contribution is 6.13. The first kappa shape index (κ1) is 27.3. The molecule has 0 spiro atoms. The normalized spacial score (nSPS) is 17.5. The zero-order chi connectivity index (χ0) is 27.3. The summed E-state index contributed by atoms with van der Waals surface area (Å²) in [6.45, 7) is 6.35. The number of nitrogens with zero attached hydrogens (tertiary/aromatic N) is 2. The minimum absolute atomic E-state index is 0.0799. The number of nitrogens with one attached hydrogen (secondary N) is 1. The van der Waals surface area contributed by atoms with Crippen LogP contribution in [0.5, 0.6) is 0 Å². The number of nitro groups is 1. The predicted octanol–water partition coefficient (Wildman–Crippen LogP) is 3.81. The van der Waals surface area contributed by atoms with E-state index in [4.69, 9.17) is 9.47 Å². The number of rotatable bonds is 7. The third-order valence-corrected chi connectivity index (χ3v) is 5.64. The van der Waals surface area contributed by atoms with Crippen molar-refractivity contribution in [2.45, 2.75) is 39.2 Å². The van der Waals surface area contributed by atoms with E-state index in [-0.39, 0.29) is 17.0 Å². The van der Waals surface area contributed by atoms with Gasteiger partial charge in [0, 0.05) is 29.3 Å². The third-order valence-electron chi connectivity index (χ3n) is 5.64. The van der Waals surface area contributed by atoms with Crippen molar-refractivity contribution in [2.24, 2.45) is 10.9 Å². The summed E-state index contributed by atoms with van der Waals surface area (Å²) in [5.41, 5.74) is 0.761. The minimum atomic E-state index is -1.03. The molecule has 0 aliphatic carbocycles. The highest BCUT2D eigenvalue weighted by Crippen LogP contribution is 2.43. The van der Waals surface area contributed by atoms with E-state index in [2.05, 4.69) is 10.3 Å². The van der Waals surface area contributed by atoms with Crippen molar-refractivity contribution in [3.8, 4) is 0 Å². The molecule has 1 aliphatic heterocycles. The number of amides is 1. The first-order chi connectivity index (χ1) is 17.4. The van der Waals surface area contributed by atoms with Gasteiger partial charge in [0.1, 0.15) is 18.1 Å². The van der Waals surface area contributed by atoms with Gasteiger partial charge in [-0.25, -0.2) is 0 Å². The molecule has 1 heterocycles. The van der Waals surface area contributed by atoms with E-state index < -0.39 is 46.8 Å². The summed E-state index contributed by atoms with van der Waals surface area (Å²) in [7, 11) is 1.22. The van der Waals surface area contributed by atoms with Gasteiger partial charge < -0.3 is 14.8 Å². The number of ether oxygens (including phenoxy) is 2. The number of aliphatic imine (C=N–C) groups is 1. The van der Waals surface area contributed by atoms with Crippen molar-refractivity contribution >= 4 is 34.9 Å². The largest absolute Gasteiger partial charge is 0.468 e. The molecule has 2 unspecified atom stereocenters. The number of methoxy groups -OCH3 is 1. The van der Waals surface area contributed by atoms with Crippen LogP contribution in [0.1, 0.15) is 44.7 Å². The summed E-state index contributed by atoms with van der Waals surface area (Å²) in [4.78, 5) is 54.5. The second-order valence-electron chi connectivity index (χ2n) is 9.48. The van der Waals surface area contributed by atoms with E-state index in [1.54, 1.807) is 64.1 Å². The van der Waals surface area contributed by atoms with E-state index in [1.165, 1.54) is 25.3 Å². The molecular weight excluding hydrogens is 478 g/mol. The number of carbonyl (C=O) groups is 3. The van der Waals surface area contributed by atoms with Crippen molar-refractivity contribution in [1.82, 2.24) is 5.32 Å². The molecular formula is C27H29N3O7. The Morgan fingerprint density at radius 3 is 2.35 bits per heavy atom. The van der Waals surface area contributed by atoms with Gasteiger partial charge in [0.25, 0.3) is 11.6 Å². The molecule has 0 radical (unpaired) electrons. The van der Waals surface area contributed by atoms with Gasteiger partial charge in [-0.1, -0.05) is 42.5 Å². The van der Waals surface area contributed by atoms with E-state index in [1.807, 2.05) is 0 Å². The fraction of sp³-hybridized carbons (Fsp3) is 0.333. The third kappa shape index (κ3) is 6.46. The Morgan fingerprint density at radius 2 is 1.76 bits per heavy atom. The molecule has 0 fully saturated rings. The molecule has 194 valence electrons. The molecule has 0 saturated heterocycles. The highest BCUT2D eigenvalue weighted by atomic mass is 16.6. The second-order valence-corrected chi connectivity index (χ2v) is 9.48. The van der Waals surface area contributed by atoms with Crippen LogP contribution in [0.15, 0.2) is 65.2 Å². The quantitative estimate of drug-likeness (QED) is 0.342. The van der Waals surface area contributed by atoms with E-state index in [0.29, 0.717) is 16.8 Å². The molecule has 37 heavy (non-hydrogen) atoms. The van der Waals surface area contributed by atoms with E-state index in [9.17, 15) is 24.5 Å². The van der Waals surface area contributed by atoms with Crippen LogP contribution in [0.3, 0.4) is 0 Å². The van der Waals surface area contributed by atoms with Gasteiger partial charge in [0.05, 0.1) is 23.3 Å². The van der Waals surface area contributed by atoms with Crippen molar-refractivity contribution < 1.29 is 28.8 Å². The van der Waals surface area contributed by atoms with E-state index >= 15 is 0 Å². The zero-order valence-corrected chi connectivity index (χ0v) is 21.3. The Labute approximate surface area is 214 Å². The fourth-order valence-electron chi connectivity index (χ4n) is 4.18. The van der Waals surface area contributed by atoms with Gasteiger partial charge in [-0.3, -0.25) is 29.5 Å². The molecule has 10 nitrogen and oxygen atoms in total. The van der Waals surface area contributed by atoms with Crippen LogP contribution in [0.4, 0.5) is 5.69 Å². The average molecular weight is 508 g/mol. The summed E-state index contributed by atoms with van der Waals surface area (Å²) in [6.07, 6.45) is 0. The monoisotopic (exact) mass is 507 g/mol. The molecule has 10 heteroatoms. The lowest BCUT2D eigenvalue weighted by Crippen LogP contribution is -2.41. The molecule has 2 aromatic rings. The molecule has 0 saturated carbocycles. The van der Waals surface area contributed by atoms with Gasteiger partial charge in [-0.2, -0.15) is 0 Å². The van der Waals surface area contributed by atoms with Crippen LogP contribution in [0, 0.1) is 16.0 Å². The van der Waals surface area contributed by atoms with Gasteiger partial charge in [0.15, 0.2) is 0 Å². The molecule has 2 atom stereocenters. The van der Waals surface area contributed by atoms with Crippen LogP contribution in [-0.4, -0.2) is 47.7 Å². The van der Waals surface area contributed by atoms with E-state index in [0.717, 1.165) is 0 Å². The van der Waals surface area contributed by atoms with Gasteiger partial charge in [-0.15, -0.1) is 0 Å². The summed E-state index contributed by atoms with van der Waals surface area (Å²) in [5, 5.41) is 14.1. The lowest BCUT2D eigenvalue weighted by Gasteiger charge is -2.32. The lowest BCUT2D eigenvalue weighted by molar-refractivity contribution is -0.384. The maximum atomic E-state index is 13.7. The lowest BCUT2D eigenvalue weighted by atomic mass is 9.74. The molecule has 0 bridgehead atoms. The van der Waals surface area contributed by atoms with Crippen molar-refractivity contribution in [3.63, 3.8) is 0 Å². The maximum Gasteiger partial charge on any atom is 0.325 e. The van der Waals surface area contributed by atoms with Gasteiger partial charge >= 0.3 is 11.9 Å². The Morgan fingerprint density at radius 1 is 1.08 bits per heavy atom. The first-order valence-corrected chi connectivity index (χ1v) is 11.6. The van der Waals surface area contributed by atoms with Crippen molar-refractivity contribution in [2.75, 3.05) is 13.7 Å². The number of esters is 2. The van der Waals surface area contributed by atoms with Crippen LogP contribution < -0.4 is 5.32 Å². The molecule has 1 N–H and O–H groups in total.